The van der Waals surface area contributed by atoms with Crippen LogP contribution in [-0.4, -0.2) is 15.3 Å². The minimum absolute atomic E-state index is 0.0766. The van der Waals surface area contributed by atoms with E-state index in [9.17, 15) is 20.1 Å². The van der Waals surface area contributed by atoms with Crippen molar-refractivity contribution in [1.29, 1.82) is 0 Å². The lowest BCUT2D eigenvalue weighted by atomic mass is 10.1. The zero-order chi connectivity index (χ0) is 13.3. The minimum atomic E-state index is -0.632. The van der Waals surface area contributed by atoms with Crippen LogP contribution in [0.4, 0.5) is 0 Å². The number of rotatable bonds is 1. The van der Waals surface area contributed by atoms with Crippen LogP contribution < -0.4 is 5.43 Å². The molecule has 0 saturated carbocycles. The van der Waals surface area contributed by atoms with E-state index < -0.39 is 11.2 Å². The lowest BCUT2D eigenvalue weighted by Crippen LogP contribution is -2.01. The zero-order valence-electron chi connectivity index (χ0n) is 9.09. The van der Waals surface area contributed by atoms with Crippen molar-refractivity contribution < 1.29 is 15.3 Å². The molecule has 0 unspecified atom stereocenters. The first-order valence-corrected chi connectivity index (χ1v) is 5.84. The molecule has 5 heteroatoms. The number of aromatic hydroxyl groups is 3. The fourth-order valence-corrected chi connectivity index (χ4v) is 1.90. The van der Waals surface area contributed by atoms with Gasteiger partial charge >= 0.3 is 0 Å². The van der Waals surface area contributed by atoms with E-state index in [1.54, 1.807) is 6.07 Å². The molecule has 2 rings (SSSR count). The van der Waals surface area contributed by atoms with Gasteiger partial charge in [-0.3, -0.25) is 4.79 Å². The molecular formula is C13H9BrO4. The smallest absolute Gasteiger partial charge is 0.229 e. The normalized spacial score (nSPS) is 10.3. The molecule has 0 fully saturated rings. The van der Waals surface area contributed by atoms with Crippen molar-refractivity contribution in [2.75, 3.05) is 0 Å². The molecule has 0 aliphatic carbocycles. The van der Waals surface area contributed by atoms with Crippen molar-refractivity contribution in [3.8, 4) is 28.4 Å². The average Bonchev–Trinajstić information content (AvgIpc) is 2.46. The van der Waals surface area contributed by atoms with E-state index >= 15 is 0 Å². The van der Waals surface area contributed by atoms with E-state index in [4.69, 9.17) is 0 Å². The summed E-state index contributed by atoms with van der Waals surface area (Å²) in [5, 5.41) is 28.8. The van der Waals surface area contributed by atoms with Crippen molar-refractivity contribution in [3.05, 3.63) is 51.1 Å². The third kappa shape index (κ3) is 2.17. The van der Waals surface area contributed by atoms with E-state index in [0.717, 1.165) is 0 Å². The first kappa shape index (κ1) is 12.4. The molecule has 0 amide bonds. The van der Waals surface area contributed by atoms with Crippen LogP contribution in [0.3, 0.4) is 0 Å². The lowest BCUT2D eigenvalue weighted by molar-refractivity contribution is 0.461. The van der Waals surface area contributed by atoms with Crippen LogP contribution in [0.5, 0.6) is 17.2 Å². The molecule has 0 aromatic heterocycles. The van der Waals surface area contributed by atoms with Gasteiger partial charge in [-0.2, -0.15) is 0 Å². The Bertz CT molecular complexity index is 668. The Morgan fingerprint density at radius 1 is 0.944 bits per heavy atom. The monoisotopic (exact) mass is 308 g/mol. The van der Waals surface area contributed by atoms with Gasteiger partial charge in [-0.05, 0) is 40.2 Å². The summed E-state index contributed by atoms with van der Waals surface area (Å²) >= 11 is 3.05. The first-order valence-electron chi connectivity index (χ1n) is 5.05. The fraction of sp³-hybridized carbons (Fsp3) is 0. The highest BCUT2D eigenvalue weighted by Gasteiger charge is 2.12. The number of phenols is 2. The van der Waals surface area contributed by atoms with Crippen LogP contribution in [-0.2, 0) is 0 Å². The van der Waals surface area contributed by atoms with Crippen LogP contribution in [0.1, 0.15) is 0 Å². The maximum atomic E-state index is 12.0. The Balaban J connectivity index is 2.81. The van der Waals surface area contributed by atoms with E-state index in [0.29, 0.717) is 0 Å². The Kier molecular flexibility index (Phi) is 3.25. The molecule has 0 spiro atoms. The van der Waals surface area contributed by atoms with Gasteiger partial charge in [0, 0.05) is 11.1 Å². The van der Waals surface area contributed by atoms with Gasteiger partial charge in [-0.25, -0.2) is 0 Å². The molecule has 18 heavy (non-hydrogen) atoms. The number of hydrogen-bond acceptors (Lipinski definition) is 4. The van der Waals surface area contributed by atoms with Crippen molar-refractivity contribution in [2.24, 2.45) is 0 Å². The molecular weight excluding hydrogens is 300 g/mol. The molecule has 92 valence electrons. The number of halogens is 1. The fourth-order valence-electron chi connectivity index (χ4n) is 1.57. The number of hydrogen-bond donors (Lipinski definition) is 3. The van der Waals surface area contributed by atoms with Crippen LogP contribution in [0, 0.1) is 0 Å². The molecule has 0 atom stereocenters. The maximum Gasteiger partial charge on any atom is 0.229 e. The maximum absolute atomic E-state index is 12.0. The first-order chi connectivity index (χ1) is 8.50. The summed E-state index contributed by atoms with van der Waals surface area (Å²) in [6.45, 7) is 0. The molecule has 0 saturated heterocycles. The van der Waals surface area contributed by atoms with Crippen molar-refractivity contribution in [1.82, 2.24) is 0 Å². The van der Waals surface area contributed by atoms with Gasteiger partial charge in [0.15, 0.2) is 5.75 Å². The molecule has 0 aliphatic rings. The van der Waals surface area contributed by atoms with Gasteiger partial charge in [0.25, 0.3) is 0 Å². The number of benzene rings is 1. The molecule has 0 heterocycles. The predicted molar refractivity (Wildman–Crippen MR) is 70.8 cm³/mol. The second kappa shape index (κ2) is 4.70. The summed E-state index contributed by atoms with van der Waals surface area (Å²) in [6, 6.07) is 8.38. The second-order valence-electron chi connectivity index (χ2n) is 3.67. The molecule has 3 N–H and O–H groups in total. The molecule has 0 aliphatic heterocycles. The highest BCUT2D eigenvalue weighted by Crippen LogP contribution is 2.31. The second-order valence-corrected chi connectivity index (χ2v) is 4.52. The van der Waals surface area contributed by atoms with Gasteiger partial charge in [0.2, 0.25) is 5.43 Å². The largest absolute Gasteiger partial charge is 0.508 e. The summed E-state index contributed by atoms with van der Waals surface area (Å²) in [5.74, 6) is -0.670. The quantitative estimate of drug-likeness (QED) is 0.708. The van der Waals surface area contributed by atoms with Crippen molar-refractivity contribution in [2.45, 2.75) is 0 Å². The van der Waals surface area contributed by atoms with Crippen LogP contribution >= 0.6 is 15.9 Å². The van der Waals surface area contributed by atoms with Gasteiger partial charge in [-0.15, -0.1) is 0 Å². The Hall–Kier alpha value is -2.01. The summed E-state index contributed by atoms with van der Waals surface area (Å²) in [6.07, 6.45) is 0. The van der Waals surface area contributed by atoms with E-state index in [-0.39, 0.29) is 27.1 Å². The summed E-state index contributed by atoms with van der Waals surface area (Å²) < 4.78 is 0.262. The molecule has 4 nitrogen and oxygen atoms in total. The summed E-state index contributed by atoms with van der Waals surface area (Å²) in [4.78, 5) is 12.0. The van der Waals surface area contributed by atoms with Crippen LogP contribution in [0.15, 0.2) is 45.7 Å². The third-order valence-electron chi connectivity index (χ3n) is 2.46. The Morgan fingerprint density at radius 2 is 1.67 bits per heavy atom. The highest BCUT2D eigenvalue weighted by molar-refractivity contribution is 9.10. The SMILES string of the molecule is O=c1c(-c2cc(O)ccc2O)cccc(Br)c1O. The van der Waals surface area contributed by atoms with Gasteiger partial charge in [0.05, 0.1) is 4.47 Å². The molecule has 0 radical (unpaired) electrons. The summed E-state index contributed by atoms with van der Waals surface area (Å²) in [7, 11) is 0. The standard InChI is InChI=1S/C13H9BrO4/c14-10-3-1-2-8(12(17)13(10)18)9-6-7(15)4-5-11(9)16/h1-6,15-16H,(H,17,18). The van der Waals surface area contributed by atoms with Gasteiger partial charge in [0.1, 0.15) is 11.5 Å². The predicted octanol–water partition coefficient (Wildman–Crippen LogP) is 2.59. The Morgan fingerprint density at radius 3 is 2.39 bits per heavy atom. The Labute approximate surface area is 111 Å². The van der Waals surface area contributed by atoms with Crippen molar-refractivity contribution >= 4 is 15.9 Å². The lowest BCUT2D eigenvalue weighted by Gasteiger charge is -2.03. The van der Waals surface area contributed by atoms with Crippen LogP contribution in [0.2, 0.25) is 0 Å². The van der Waals surface area contributed by atoms with E-state index in [1.165, 1.54) is 30.3 Å². The zero-order valence-corrected chi connectivity index (χ0v) is 10.7. The van der Waals surface area contributed by atoms with E-state index in [1.807, 2.05) is 0 Å². The molecule has 2 aromatic carbocycles. The molecule has 2 aromatic rings. The molecule has 0 bridgehead atoms. The third-order valence-corrected chi connectivity index (χ3v) is 3.10. The van der Waals surface area contributed by atoms with Gasteiger partial charge < -0.3 is 15.3 Å². The highest BCUT2D eigenvalue weighted by atomic mass is 79.9. The van der Waals surface area contributed by atoms with Crippen molar-refractivity contribution in [3.63, 3.8) is 0 Å². The van der Waals surface area contributed by atoms with E-state index in [2.05, 4.69) is 15.9 Å². The minimum Gasteiger partial charge on any atom is -0.508 e. The average molecular weight is 309 g/mol. The van der Waals surface area contributed by atoms with Gasteiger partial charge in [-0.1, -0.05) is 12.1 Å². The topological polar surface area (TPSA) is 77.8 Å². The van der Waals surface area contributed by atoms with Crippen LogP contribution in [0.25, 0.3) is 11.1 Å². The number of phenolic OH excluding ortho intramolecular Hbond substituents is 2. The summed E-state index contributed by atoms with van der Waals surface area (Å²) in [5.41, 5.74) is -0.363.